The molecular formula is C13H10F3N5. The van der Waals surface area contributed by atoms with Gasteiger partial charge >= 0.3 is 6.18 Å². The van der Waals surface area contributed by atoms with Crippen molar-refractivity contribution in [2.75, 3.05) is 11.1 Å². The van der Waals surface area contributed by atoms with Crippen molar-refractivity contribution >= 4 is 28.5 Å². The smallest absolute Gasteiger partial charge is 0.369 e. The highest BCUT2D eigenvalue weighted by molar-refractivity contribution is 5.78. The average Bonchev–Trinajstić information content (AvgIpc) is 2.77. The number of nitrogens with two attached hydrogens (primary N) is 1. The Hall–Kier alpha value is -2.77. The van der Waals surface area contributed by atoms with Crippen LogP contribution in [0.15, 0.2) is 36.5 Å². The lowest BCUT2D eigenvalue weighted by molar-refractivity contribution is -0.137. The SMILES string of the molecule is Nc1nc2ncc(Nc3cccc(C(F)(F)F)c3)cc2[nH]1. The summed E-state index contributed by atoms with van der Waals surface area (Å²) in [7, 11) is 0. The second-order valence-corrected chi connectivity index (χ2v) is 4.42. The normalized spacial score (nSPS) is 11.8. The molecule has 0 spiro atoms. The summed E-state index contributed by atoms with van der Waals surface area (Å²) in [5.41, 5.74) is 6.69. The van der Waals surface area contributed by atoms with Crippen LogP contribution in [0.5, 0.6) is 0 Å². The van der Waals surface area contributed by atoms with Gasteiger partial charge in [0.2, 0.25) is 0 Å². The molecule has 0 aliphatic rings. The van der Waals surface area contributed by atoms with Gasteiger partial charge in [0, 0.05) is 5.69 Å². The average molecular weight is 293 g/mol. The monoisotopic (exact) mass is 293 g/mol. The summed E-state index contributed by atoms with van der Waals surface area (Å²) in [5.74, 6) is 0.230. The number of anilines is 3. The van der Waals surface area contributed by atoms with Gasteiger partial charge in [0.05, 0.1) is 23.0 Å². The fraction of sp³-hybridized carbons (Fsp3) is 0.0769. The van der Waals surface area contributed by atoms with Crippen LogP contribution in [0.3, 0.4) is 0 Å². The van der Waals surface area contributed by atoms with Gasteiger partial charge in [0.1, 0.15) is 0 Å². The van der Waals surface area contributed by atoms with Crippen molar-refractivity contribution in [2.45, 2.75) is 6.18 Å². The molecule has 0 unspecified atom stereocenters. The summed E-state index contributed by atoms with van der Waals surface area (Å²) in [4.78, 5) is 10.8. The van der Waals surface area contributed by atoms with Gasteiger partial charge in [0.25, 0.3) is 0 Å². The fourth-order valence-corrected chi connectivity index (χ4v) is 1.93. The highest BCUT2D eigenvalue weighted by atomic mass is 19.4. The van der Waals surface area contributed by atoms with Crippen LogP contribution < -0.4 is 11.1 Å². The van der Waals surface area contributed by atoms with Gasteiger partial charge in [-0.25, -0.2) is 4.98 Å². The summed E-state index contributed by atoms with van der Waals surface area (Å²) in [6.45, 7) is 0. The van der Waals surface area contributed by atoms with E-state index in [1.54, 1.807) is 12.1 Å². The molecule has 4 N–H and O–H groups in total. The van der Waals surface area contributed by atoms with Crippen LogP contribution in [-0.2, 0) is 6.18 Å². The lowest BCUT2D eigenvalue weighted by atomic mass is 10.2. The number of imidazole rings is 1. The van der Waals surface area contributed by atoms with E-state index in [2.05, 4.69) is 20.3 Å². The van der Waals surface area contributed by atoms with E-state index in [0.717, 1.165) is 12.1 Å². The van der Waals surface area contributed by atoms with Gasteiger partial charge in [-0.15, -0.1) is 0 Å². The first kappa shape index (κ1) is 13.2. The van der Waals surface area contributed by atoms with Crippen LogP contribution >= 0.6 is 0 Å². The molecule has 1 aromatic carbocycles. The number of aromatic amines is 1. The van der Waals surface area contributed by atoms with Crippen molar-refractivity contribution in [2.24, 2.45) is 0 Å². The van der Waals surface area contributed by atoms with Crippen molar-refractivity contribution in [3.63, 3.8) is 0 Å². The van der Waals surface area contributed by atoms with Gasteiger partial charge in [0.15, 0.2) is 11.6 Å². The number of alkyl halides is 3. The first-order valence-electron chi connectivity index (χ1n) is 5.97. The number of pyridine rings is 1. The van der Waals surface area contributed by atoms with Crippen LogP contribution in [0.25, 0.3) is 11.2 Å². The molecule has 0 fully saturated rings. The fourth-order valence-electron chi connectivity index (χ4n) is 1.93. The summed E-state index contributed by atoms with van der Waals surface area (Å²) in [6.07, 6.45) is -2.90. The van der Waals surface area contributed by atoms with Crippen molar-refractivity contribution in [1.82, 2.24) is 15.0 Å². The van der Waals surface area contributed by atoms with Crippen molar-refractivity contribution in [3.05, 3.63) is 42.1 Å². The van der Waals surface area contributed by atoms with Crippen LogP contribution in [0.2, 0.25) is 0 Å². The lowest BCUT2D eigenvalue weighted by Crippen LogP contribution is -2.05. The number of nitrogens with one attached hydrogen (secondary N) is 2. The van der Waals surface area contributed by atoms with Crippen molar-refractivity contribution in [3.8, 4) is 0 Å². The van der Waals surface area contributed by atoms with E-state index >= 15 is 0 Å². The summed E-state index contributed by atoms with van der Waals surface area (Å²) < 4.78 is 38.0. The molecule has 0 bridgehead atoms. The second-order valence-electron chi connectivity index (χ2n) is 4.42. The maximum atomic E-state index is 12.7. The number of H-pyrrole nitrogens is 1. The molecule has 0 atom stereocenters. The molecule has 21 heavy (non-hydrogen) atoms. The molecule has 2 aromatic heterocycles. The molecular weight excluding hydrogens is 283 g/mol. The Kier molecular flexibility index (Phi) is 2.93. The van der Waals surface area contributed by atoms with Gasteiger partial charge in [-0.2, -0.15) is 18.2 Å². The van der Waals surface area contributed by atoms with E-state index in [0.29, 0.717) is 22.5 Å². The third-order valence-electron chi connectivity index (χ3n) is 2.83. The summed E-state index contributed by atoms with van der Waals surface area (Å²) in [5, 5.41) is 2.87. The second kappa shape index (κ2) is 4.65. The first-order valence-corrected chi connectivity index (χ1v) is 5.97. The Labute approximate surface area is 117 Å². The standard InChI is InChI=1S/C13H10F3N5/c14-13(15,16)7-2-1-3-8(4-7)19-9-5-10-11(18-6-9)21-12(17)20-10/h1-6,19H,(H3,17,18,20,21). The minimum Gasteiger partial charge on any atom is -0.369 e. The number of nitrogen functional groups attached to an aromatic ring is 1. The van der Waals surface area contributed by atoms with Crippen LogP contribution in [-0.4, -0.2) is 15.0 Å². The quantitative estimate of drug-likeness (QED) is 0.677. The lowest BCUT2D eigenvalue weighted by Gasteiger charge is -2.10. The number of halogens is 3. The first-order chi connectivity index (χ1) is 9.91. The van der Waals surface area contributed by atoms with Gasteiger partial charge in [-0.05, 0) is 24.3 Å². The number of hydrogen-bond donors (Lipinski definition) is 3. The predicted octanol–water partition coefficient (Wildman–Crippen LogP) is 3.30. The number of nitrogens with zero attached hydrogens (tertiary/aromatic N) is 2. The zero-order chi connectivity index (χ0) is 15.0. The minimum absolute atomic E-state index is 0.230. The summed E-state index contributed by atoms with van der Waals surface area (Å²) in [6, 6.07) is 6.60. The van der Waals surface area contributed by atoms with Gasteiger partial charge < -0.3 is 16.0 Å². The molecule has 5 nitrogen and oxygen atoms in total. The number of rotatable bonds is 2. The van der Waals surface area contributed by atoms with E-state index < -0.39 is 11.7 Å². The van der Waals surface area contributed by atoms with E-state index in [-0.39, 0.29) is 5.95 Å². The number of aromatic nitrogens is 3. The molecule has 2 heterocycles. The highest BCUT2D eigenvalue weighted by Crippen LogP contribution is 2.31. The van der Waals surface area contributed by atoms with Crippen LogP contribution in [0.4, 0.5) is 30.5 Å². The van der Waals surface area contributed by atoms with E-state index in [9.17, 15) is 13.2 Å². The Balaban J connectivity index is 1.91. The van der Waals surface area contributed by atoms with E-state index in [4.69, 9.17) is 5.73 Å². The molecule has 0 saturated carbocycles. The molecule has 0 amide bonds. The Morgan fingerprint density at radius 2 is 1.95 bits per heavy atom. The number of benzene rings is 1. The topological polar surface area (TPSA) is 79.6 Å². The molecule has 0 aliphatic heterocycles. The van der Waals surface area contributed by atoms with Crippen molar-refractivity contribution in [1.29, 1.82) is 0 Å². The third kappa shape index (κ3) is 2.73. The zero-order valence-electron chi connectivity index (χ0n) is 10.6. The molecule has 108 valence electrons. The zero-order valence-corrected chi connectivity index (χ0v) is 10.6. The maximum Gasteiger partial charge on any atom is 0.416 e. The Morgan fingerprint density at radius 3 is 2.71 bits per heavy atom. The molecule has 3 rings (SSSR count). The van der Waals surface area contributed by atoms with E-state index in [1.807, 2.05) is 0 Å². The highest BCUT2D eigenvalue weighted by Gasteiger charge is 2.30. The molecule has 3 aromatic rings. The van der Waals surface area contributed by atoms with Gasteiger partial charge in [-0.1, -0.05) is 6.07 Å². The third-order valence-corrected chi connectivity index (χ3v) is 2.83. The molecule has 8 heteroatoms. The Morgan fingerprint density at radius 1 is 1.14 bits per heavy atom. The molecule has 0 saturated heterocycles. The Bertz CT molecular complexity index is 794. The maximum absolute atomic E-state index is 12.7. The molecule has 0 radical (unpaired) electrons. The predicted molar refractivity (Wildman–Crippen MR) is 73.0 cm³/mol. The van der Waals surface area contributed by atoms with Gasteiger partial charge in [-0.3, -0.25) is 0 Å². The number of fused-ring (bicyclic) bond motifs is 1. The van der Waals surface area contributed by atoms with Crippen molar-refractivity contribution < 1.29 is 13.2 Å². The molecule has 0 aliphatic carbocycles. The number of hydrogen-bond acceptors (Lipinski definition) is 4. The largest absolute Gasteiger partial charge is 0.416 e. The van der Waals surface area contributed by atoms with Crippen LogP contribution in [0.1, 0.15) is 5.56 Å². The van der Waals surface area contributed by atoms with E-state index in [1.165, 1.54) is 12.3 Å². The summed E-state index contributed by atoms with van der Waals surface area (Å²) >= 11 is 0. The van der Waals surface area contributed by atoms with Crippen LogP contribution in [0, 0.1) is 0 Å². The minimum atomic E-state index is -4.38.